The number of hydrogen-bond acceptors (Lipinski definition) is 2. The van der Waals surface area contributed by atoms with Gasteiger partial charge in [0.05, 0.1) is 10.7 Å². The van der Waals surface area contributed by atoms with Gasteiger partial charge in [-0.2, -0.15) is 0 Å². The maximum Gasteiger partial charge on any atom is 0.0933 e. The lowest BCUT2D eigenvalue weighted by molar-refractivity contribution is 0.410. The summed E-state index contributed by atoms with van der Waals surface area (Å²) < 4.78 is 0. The van der Waals surface area contributed by atoms with E-state index in [1.54, 1.807) is 11.3 Å². The highest BCUT2D eigenvalue weighted by atomic mass is 32.1. The highest BCUT2D eigenvalue weighted by molar-refractivity contribution is 7.09. The molecule has 1 aromatic rings. The summed E-state index contributed by atoms with van der Waals surface area (Å²) in [6.07, 6.45) is 3.42. The molecule has 0 bridgehead atoms. The van der Waals surface area contributed by atoms with Crippen molar-refractivity contribution >= 4 is 11.3 Å². The second-order valence-electron chi connectivity index (χ2n) is 4.72. The zero-order valence-electron chi connectivity index (χ0n) is 9.05. The molecule has 0 saturated carbocycles. The molecule has 1 rings (SSSR count). The summed E-state index contributed by atoms with van der Waals surface area (Å²) in [6, 6.07) is 0. The van der Waals surface area contributed by atoms with E-state index in [0.717, 1.165) is 12.8 Å². The van der Waals surface area contributed by atoms with E-state index in [-0.39, 0.29) is 0 Å². The fraction of sp³-hybridized carbons (Fsp3) is 0.727. The minimum absolute atomic E-state index is 0.362. The van der Waals surface area contributed by atoms with Crippen LogP contribution < -0.4 is 0 Å². The van der Waals surface area contributed by atoms with E-state index in [1.165, 1.54) is 17.1 Å². The SMILES string of the molecule is CCCc1csc(CC(C)(C)C)n1. The van der Waals surface area contributed by atoms with Crippen molar-refractivity contribution in [2.75, 3.05) is 0 Å². The molecule has 0 spiro atoms. The summed E-state index contributed by atoms with van der Waals surface area (Å²) in [4.78, 5) is 4.60. The van der Waals surface area contributed by atoms with Crippen LogP contribution >= 0.6 is 11.3 Å². The lowest BCUT2D eigenvalue weighted by Gasteiger charge is -2.15. The summed E-state index contributed by atoms with van der Waals surface area (Å²) in [7, 11) is 0. The Hall–Kier alpha value is -0.370. The lowest BCUT2D eigenvalue weighted by atomic mass is 9.93. The van der Waals surface area contributed by atoms with Gasteiger partial charge in [0, 0.05) is 11.8 Å². The molecule has 1 nitrogen and oxygen atoms in total. The minimum Gasteiger partial charge on any atom is -0.246 e. The normalized spacial score (nSPS) is 12.0. The van der Waals surface area contributed by atoms with E-state index >= 15 is 0 Å². The monoisotopic (exact) mass is 197 g/mol. The maximum absolute atomic E-state index is 4.60. The van der Waals surface area contributed by atoms with Gasteiger partial charge in [-0.3, -0.25) is 0 Å². The van der Waals surface area contributed by atoms with E-state index in [4.69, 9.17) is 0 Å². The van der Waals surface area contributed by atoms with Crippen molar-refractivity contribution in [1.29, 1.82) is 0 Å². The summed E-state index contributed by atoms with van der Waals surface area (Å²) in [6.45, 7) is 8.97. The molecule has 0 aliphatic rings. The zero-order valence-corrected chi connectivity index (χ0v) is 9.87. The van der Waals surface area contributed by atoms with Crippen LogP contribution in [0.2, 0.25) is 0 Å². The molecule has 0 aromatic carbocycles. The van der Waals surface area contributed by atoms with Crippen LogP contribution in [0, 0.1) is 5.41 Å². The lowest BCUT2D eigenvalue weighted by Crippen LogP contribution is -2.08. The molecular formula is C11H19NS. The van der Waals surface area contributed by atoms with Crippen LogP contribution in [0.5, 0.6) is 0 Å². The van der Waals surface area contributed by atoms with Gasteiger partial charge in [-0.1, -0.05) is 34.1 Å². The molecular weight excluding hydrogens is 178 g/mol. The predicted octanol–water partition coefficient (Wildman–Crippen LogP) is 3.68. The Morgan fingerprint density at radius 1 is 1.38 bits per heavy atom. The van der Waals surface area contributed by atoms with E-state index in [9.17, 15) is 0 Å². The Morgan fingerprint density at radius 3 is 2.62 bits per heavy atom. The van der Waals surface area contributed by atoms with Gasteiger partial charge in [0.1, 0.15) is 0 Å². The van der Waals surface area contributed by atoms with Gasteiger partial charge in [0.15, 0.2) is 0 Å². The number of aromatic nitrogens is 1. The Morgan fingerprint density at radius 2 is 2.08 bits per heavy atom. The first-order valence-corrected chi connectivity index (χ1v) is 5.82. The van der Waals surface area contributed by atoms with Crippen molar-refractivity contribution in [1.82, 2.24) is 4.98 Å². The molecule has 1 aromatic heterocycles. The van der Waals surface area contributed by atoms with Crippen molar-refractivity contribution in [2.45, 2.75) is 47.0 Å². The highest BCUT2D eigenvalue weighted by Gasteiger charge is 2.13. The fourth-order valence-corrected chi connectivity index (χ4v) is 2.38. The number of thiazole rings is 1. The fourth-order valence-electron chi connectivity index (χ4n) is 1.25. The second-order valence-corrected chi connectivity index (χ2v) is 5.66. The standard InChI is InChI=1S/C11H19NS/c1-5-6-9-8-13-10(12-9)7-11(2,3)4/h8H,5-7H2,1-4H3. The van der Waals surface area contributed by atoms with E-state index in [2.05, 4.69) is 38.1 Å². The van der Waals surface area contributed by atoms with Gasteiger partial charge in [-0.15, -0.1) is 11.3 Å². The molecule has 0 unspecified atom stereocenters. The number of rotatable bonds is 3. The van der Waals surface area contributed by atoms with Crippen LogP contribution in [0.25, 0.3) is 0 Å². The van der Waals surface area contributed by atoms with Gasteiger partial charge in [0.2, 0.25) is 0 Å². The minimum atomic E-state index is 0.362. The van der Waals surface area contributed by atoms with Crippen molar-refractivity contribution in [3.05, 3.63) is 16.1 Å². The average molecular weight is 197 g/mol. The Kier molecular flexibility index (Phi) is 3.48. The average Bonchev–Trinajstić information content (AvgIpc) is 2.33. The van der Waals surface area contributed by atoms with Crippen LogP contribution in [0.1, 0.15) is 44.8 Å². The third-order valence-electron chi connectivity index (χ3n) is 1.79. The van der Waals surface area contributed by atoms with Crippen molar-refractivity contribution in [2.24, 2.45) is 5.41 Å². The van der Waals surface area contributed by atoms with Gasteiger partial charge >= 0.3 is 0 Å². The quantitative estimate of drug-likeness (QED) is 0.720. The van der Waals surface area contributed by atoms with E-state index < -0.39 is 0 Å². The van der Waals surface area contributed by atoms with Crippen molar-refractivity contribution in [3.8, 4) is 0 Å². The number of aryl methyl sites for hydroxylation is 1. The van der Waals surface area contributed by atoms with Crippen molar-refractivity contribution < 1.29 is 0 Å². The molecule has 0 atom stereocenters. The topological polar surface area (TPSA) is 12.9 Å². The van der Waals surface area contributed by atoms with Crippen LogP contribution in [-0.4, -0.2) is 4.98 Å². The number of hydrogen-bond donors (Lipinski definition) is 0. The summed E-state index contributed by atoms with van der Waals surface area (Å²) in [5.41, 5.74) is 1.63. The predicted molar refractivity (Wildman–Crippen MR) is 59.3 cm³/mol. The molecule has 74 valence electrons. The van der Waals surface area contributed by atoms with Crippen LogP contribution in [0.3, 0.4) is 0 Å². The molecule has 13 heavy (non-hydrogen) atoms. The van der Waals surface area contributed by atoms with E-state index in [0.29, 0.717) is 5.41 Å². The molecule has 1 heterocycles. The Bertz CT molecular complexity index is 257. The third kappa shape index (κ3) is 3.90. The molecule has 0 fully saturated rings. The third-order valence-corrected chi connectivity index (χ3v) is 2.68. The Labute approximate surface area is 85.2 Å². The molecule has 0 N–H and O–H groups in total. The summed E-state index contributed by atoms with van der Waals surface area (Å²) in [5, 5.41) is 3.49. The van der Waals surface area contributed by atoms with Crippen LogP contribution in [0.15, 0.2) is 5.38 Å². The smallest absolute Gasteiger partial charge is 0.0933 e. The van der Waals surface area contributed by atoms with Gasteiger partial charge < -0.3 is 0 Å². The maximum atomic E-state index is 4.60. The molecule has 0 aliphatic heterocycles. The molecule has 0 amide bonds. The molecule has 0 saturated heterocycles. The largest absolute Gasteiger partial charge is 0.246 e. The Balaban J connectivity index is 2.59. The second kappa shape index (κ2) is 4.23. The number of nitrogens with zero attached hydrogens (tertiary/aromatic N) is 1. The molecule has 0 aliphatic carbocycles. The van der Waals surface area contributed by atoms with Crippen LogP contribution in [-0.2, 0) is 12.8 Å². The van der Waals surface area contributed by atoms with E-state index in [1.807, 2.05) is 0 Å². The first-order chi connectivity index (χ1) is 6.01. The molecule has 2 heteroatoms. The first-order valence-electron chi connectivity index (χ1n) is 4.94. The van der Waals surface area contributed by atoms with Crippen molar-refractivity contribution in [3.63, 3.8) is 0 Å². The molecule has 0 radical (unpaired) electrons. The van der Waals surface area contributed by atoms with Gasteiger partial charge in [-0.05, 0) is 11.8 Å². The van der Waals surface area contributed by atoms with Gasteiger partial charge in [-0.25, -0.2) is 4.98 Å². The van der Waals surface area contributed by atoms with Gasteiger partial charge in [0.25, 0.3) is 0 Å². The first kappa shape index (κ1) is 10.7. The highest BCUT2D eigenvalue weighted by Crippen LogP contribution is 2.23. The summed E-state index contributed by atoms with van der Waals surface area (Å²) >= 11 is 1.81. The van der Waals surface area contributed by atoms with Crippen LogP contribution in [0.4, 0.5) is 0 Å². The zero-order chi connectivity index (χ0) is 9.90. The summed E-state index contributed by atoms with van der Waals surface area (Å²) in [5.74, 6) is 0.